The zero-order valence-electron chi connectivity index (χ0n) is 15.6. The van der Waals surface area contributed by atoms with E-state index in [0.29, 0.717) is 17.1 Å². The molecule has 0 bridgehead atoms. The van der Waals surface area contributed by atoms with Gasteiger partial charge >= 0.3 is 0 Å². The van der Waals surface area contributed by atoms with Crippen LogP contribution in [0.1, 0.15) is 46.1 Å². The van der Waals surface area contributed by atoms with Crippen LogP contribution in [-0.4, -0.2) is 29.1 Å². The van der Waals surface area contributed by atoms with E-state index in [1.807, 2.05) is 20.0 Å². The number of hydrogen-bond donors (Lipinski definition) is 2. The minimum Gasteiger partial charge on any atom is -0.348 e. The number of nitrogens with one attached hydrogen (secondary N) is 1. The third-order valence-electron chi connectivity index (χ3n) is 4.93. The second-order valence-corrected chi connectivity index (χ2v) is 8.71. The maximum atomic E-state index is 12.9. The van der Waals surface area contributed by atoms with Gasteiger partial charge in [-0.1, -0.05) is 12.1 Å². The van der Waals surface area contributed by atoms with E-state index in [0.717, 1.165) is 35.2 Å². The summed E-state index contributed by atoms with van der Waals surface area (Å²) in [6.07, 6.45) is 2.18. The van der Waals surface area contributed by atoms with Crippen molar-refractivity contribution in [3.8, 4) is 0 Å². The number of amides is 1. The summed E-state index contributed by atoms with van der Waals surface area (Å²) in [5.74, 6) is 0.206. The van der Waals surface area contributed by atoms with Gasteiger partial charge in [-0.3, -0.25) is 9.48 Å². The van der Waals surface area contributed by atoms with E-state index < -0.39 is 10.0 Å². The highest BCUT2D eigenvalue weighted by Crippen LogP contribution is 2.40. The molecule has 0 spiro atoms. The fraction of sp³-hybridized carbons (Fsp3) is 0.316. The molecule has 2 aromatic heterocycles. The molecule has 8 nitrogen and oxygen atoms in total. The lowest BCUT2D eigenvalue weighted by Crippen LogP contribution is -2.23. The van der Waals surface area contributed by atoms with Crippen LogP contribution < -0.4 is 10.5 Å². The molecule has 28 heavy (non-hydrogen) atoms. The molecule has 1 fully saturated rings. The summed E-state index contributed by atoms with van der Waals surface area (Å²) in [6.45, 7) is 2.13. The van der Waals surface area contributed by atoms with Crippen LogP contribution in [0.3, 0.4) is 0 Å². The predicted octanol–water partition coefficient (Wildman–Crippen LogP) is 1.73. The monoisotopic (exact) mass is 399 g/mol. The molecule has 2 heterocycles. The molecule has 0 radical (unpaired) electrons. The Labute approximate surface area is 162 Å². The number of rotatable bonds is 5. The Bertz CT molecular complexity index is 1180. The normalized spacial score (nSPS) is 14.4. The summed E-state index contributed by atoms with van der Waals surface area (Å²) in [5, 5.41) is 13.2. The minimum atomic E-state index is -3.73. The van der Waals surface area contributed by atoms with Crippen LogP contribution in [0.5, 0.6) is 0 Å². The predicted molar refractivity (Wildman–Crippen MR) is 104 cm³/mol. The Morgan fingerprint density at radius 1 is 1.29 bits per heavy atom. The number of benzene rings is 1. The van der Waals surface area contributed by atoms with Crippen LogP contribution in [0.4, 0.5) is 0 Å². The van der Waals surface area contributed by atoms with Gasteiger partial charge in [0.05, 0.1) is 21.5 Å². The van der Waals surface area contributed by atoms with Gasteiger partial charge in [-0.2, -0.15) is 5.10 Å². The average molecular weight is 399 g/mol. The molecular weight excluding hydrogens is 378 g/mol. The van der Waals surface area contributed by atoms with Crippen LogP contribution in [-0.2, 0) is 23.6 Å². The lowest BCUT2D eigenvalue weighted by Gasteiger charge is -2.09. The van der Waals surface area contributed by atoms with Crippen molar-refractivity contribution in [2.45, 2.75) is 37.1 Å². The molecule has 0 atom stereocenters. The van der Waals surface area contributed by atoms with Gasteiger partial charge < -0.3 is 5.32 Å². The van der Waals surface area contributed by atoms with Gasteiger partial charge in [0.2, 0.25) is 10.0 Å². The van der Waals surface area contributed by atoms with Crippen LogP contribution in [0.2, 0.25) is 0 Å². The first-order valence-corrected chi connectivity index (χ1v) is 10.5. The molecule has 9 heteroatoms. The number of hydrogen-bond acceptors (Lipinski definition) is 5. The van der Waals surface area contributed by atoms with Gasteiger partial charge in [-0.25, -0.2) is 18.5 Å². The Balaban J connectivity index is 1.60. The van der Waals surface area contributed by atoms with Crippen molar-refractivity contribution in [1.82, 2.24) is 20.1 Å². The van der Waals surface area contributed by atoms with Crippen molar-refractivity contribution in [1.29, 1.82) is 0 Å². The topological polar surface area (TPSA) is 120 Å². The van der Waals surface area contributed by atoms with Gasteiger partial charge in [0.15, 0.2) is 5.65 Å². The van der Waals surface area contributed by atoms with Crippen LogP contribution in [0.25, 0.3) is 11.0 Å². The lowest BCUT2D eigenvalue weighted by atomic mass is 10.1. The molecule has 3 N–H and O–H groups in total. The molecule has 0 unspecified atom stereocenters. The highest BCUT2D eigenvalue weighted by molar-refractivity contribution is 7.89. The molecule has 1 aliphatic carbocycles. The van der Waals surface area contributed by atoms with Crippen molar-refractivity contribution >= 4 is 27.0 Å². The highest BCUT2D eigenvalue weighted by atomic mass is 32.2. The third-order valence-corrected chi connectivity index (χ3v) is 5.86. The molecule has 1 aliphatic rings. The first-order valence-electron chi connectivity index (χ1n) is 8.98. The number of pyridine rings is 1. The first-order chi connectivity index (χ1) is 13.2. The number of primary sulfonamides is 1. The molecule has 0 aliphatic heterocycles. The Hall–Kier alpha value is -2.78. The van der Waals surface area contributed by atoms with Gasteiger partial charge in [0, 0.05) is 25.2 Å². The maximum Gasteiger partial charge on any atom is 0.252 e. The Kier molecular flexibility index (Phi) is 4.43. The van der Waals surface area contributed by atoms with E-state index in [9.17, 15) is 13.2 Å². The molecule has 3 aromatic rings. The number of nitrogens with zero attached hydrogens (tertiary/aromatic N) is 3. The van der Waals surface area contributed by atoms with E-state index in [2.05, 4.69) is 10.4 Å². The second-order valence-electron chi connectivity index (χ2n) is 7.15. The number of fused-ring (bicyclic) bond motifs is 1. The van der Waals surface area contributed by atoms with E-state index in [-0.39, 0.29) is 17.3 Å². The summed E-state index contributed by atoms with van der Waals surface area (Å²) >= 11 is 0. The van der Waals surface area contributed by atoms with Crippen LogP contribution >= 0.6 is 0 Å². The average Bonchev–Trinajstić information content (AvgIpc) is 3.45. The molecule has 146 valence electrons. The van der Waals surface area contributed by atoms with Crippen LogP contribution in [0, 0.1) is 6.92 Å². The minimum absolute atomic E-state index is 0.0403. The SMILES string of the molecule is Cc1nn(C)c2nc(C3CC3)cc(C(=O)NCc3ccc(S(N)(=O)=O)cc3)c12. The van der Waals surface area contributed by atoms with Crippen molar-refractivity contribution in [3.05, 3.63) is 52.8 Å². The van der Waals surface area contributed by atoms with E-state index >= 15 is 0 Å². The molecular formula is C19H21N5O3S. The Morgan fingerprint density at radius 3 is 2.57 bits per heavy atom. The van der Waals surface area contributed by atoms with Gasteiger partial charge in [-0.05, 0) is 43.5 Å². The highest BCUT2D eigenvalue weighted by Gasteiger charge is 2.28. The van der Waals surface area contributed by atoms with Crippen molar-refractivity contribution < 1.29 is 13.2 Å². The first kappa shape index (κ1) is 18.6. The summed E-state index contributed by atoms with van der Waals surface area (Å²) in [5.41, 5.74) is 3.74. The standard InChI is InChI=1S/C19H21N5O3S/c1-11-17-15(9-16(13-5-6-13)22-18(17)24(2)23-11)19(25)21-10-12-3-7-14(8-4-12)28(20,26)27/h3-4,7-9,13H,5-6,10H2,1-2H3,(H,21,25)(H2,20,26,27). The number of nitrogens with two attached hydrogens (primary N) is 1. The molecule has 1 amide bonds. The van der Waals surface area contributed by atoms with Crippen molar-refractivity contribution in [2.75, 3.05) is 0 Å². The van der Waals surface area contributed by atoms with E-state index in [4.69, 9.17) is 10.1 Å². The van der Waals surface area contributed by atoms with E-state index in [1.54, 1.807) is 16.8 Å². The summed E-state index contributed by atoms with van der Waals surface area (Å²) < 4.78 is 24.4. The van der Waals surface area contributed by atoms with Crippen molar-refractivity contribution in [3.63, 3.8) is 0 Å². The second kappa shape index (κ2) is 6.68. The number of carbonyl (C=O) groups excluding carboxylic acids is 1. The molecule has 0 saturated heterocycles. The van der Waals surface area contributed by atoms with Crippen molar-refractivity contribution in [2.24, 2.45) is 12.2 Å². The largest absolute Gasteiger partial charge is 0.348 e. The molecule has 1 aromatic carbocycles. The fourth-order valence-corrected chi connectivity index (χ4v) is 3.82. The Morgan fingerprint density at radius 2 is 1.96 bits per heavy atom. The zero-order valence-corrected chi connectivity index (χ0v) is 16.5. The number of aromatic nitrogens is 3. The number of carbonyl (C=O) groups is 1. The van der Waals surface area contributed by atoms with Gasteiger partial charge in [-0.15, -0.1) is 0 Å². The maximum absolute atomic E-state index is 12.9. The quantitative estimate of drug-likeness (QED) is 0.677. The van der Waals surface area contributed by atoms with E-state index in [1.165, 1.54) is 12.1 Å². The zero-order chi connectivity index (χ0) is 20.1. The lowest BCUT2D eigenvalue weighted by molar-refractivity contribution is 0.0952. The summed E-state index contributed by atoms with van der Waals surface area (Å²) in [7, 11) is -1.90. The molecule has 4 rings (SSSR count). The summed E-state index contributed by atoms with van der Waals surface area (Å²) in [4.78, 5) is 17.7. The summed E-state index contributed by atoms with van der Waals surface area (Å²) in [6, 6.07) is 7.99. The smallest absolute Gasteiger partial charge is 0.252 e. The fourth-order valence-electron chi connectivity index (χ4n) is 3.31. The molecule has 1 saturated carbocycles. The van der Waals surface area contributed by atoms with Gasteiger partial charge in [0.25, 0.3) is 5.91 Å². The van der Waals surface area contributed by atoms with Crippen LogP contribution in [0.15, 0.2) is 35.2 Å². The third kappa shape index (κ3) is 3.50. The van der Waals surface area contributed by atoms with Gasteiger partial charge in [0.1, 0.15) is 0 Å². The number of aryl methyl sites for hydroxylation is 2. The number of sulfonamides is 1.